The van der Waals surface area contributed by atoms with Gasteiger partial charge in [0.1, 0.15) is 18.0 Å². The van der Waals surface area contributed by atoms with Gasteiger partial charge in [-0.25, -0.2) is 9.18 Å². The lowest BCUT2D eigenvalue weighted by atomic mass is 10.0. The first kappa shape index (κ1) is 22.5. The molecule has 2 N–H and O–H groups in total. The SMILES string of the molecule is O=C(O)OCc1cccc(CN2CCC(NC(=O)c3cc(=O)c4ccc(F)cc4o3)CC2)c1. The highest BCUT2D eigenvalue weighted by molar-refractivity contribution is 5.93. The Morgan fingerprint density at radius 3 is 2.64 bits per heavy atom. The Morgan fingerprint density at radius 1 is 1.12 bits per heavy atom. The maximum Gasteiger partial charge on any atom is 0.506 e. The third kappa shape index (κ3) is 5.75. The van der Waals surface area contributed by atoms with Crippen molar-refractivity contribution >= 4 is 23.0 Å². The number of ether oxygens (including phenoxy) is 1. The molecule has 0 radical (unpaired) electrons. The number of rotatable bonds is 6. The zero-order valence-electron chi connectivity index (χ0n) is 17.8. The molecule has 172 valence electrons. The third-order valence-electron chi connectivity index (χ3n) is 5.60. The fourth-order valence-corrected chi connectivity index (χ4v) is 3.95. The number of carboxylic acid groups (broad SMARTS) is 1. The van der Waals surface area contributed by atoms with Crippen LogP contribution in [0.4, 0.5) is 9.18 Å². The Balaban J connectivity index is 1.32. The molecule has 2 heterocycles. The van der Waals surface area contributed by atoms with Crippen LogP contribution in [0.3, 0.4) is 0 Å². The number of benzene rings is 2. The Labute approximate surface area is 188 Å². The average Bonchev–Trinajstić information content (AvgIpc) is 2.79. The van der Waals surface area contributed by atoms with Crippen molar-refractivity contribution in [2.24, 2.45) is 0 Å². The van der Waals surface area contributed by atoms with E-state index in [0.29, 0.717) is 6.54 Å². The van der Waals surface area contributed by atoms with E-state index in [-0.39, 0.29) is 29.4 Å². The van der Waals surface area contributed by atoms with Crippen LogP contribution in [-0.2, 0) is 17.9 Å². The fourth-order valence-electron chi connectivity index (χ4n) is 3.95. The number of carbonyl (C=O) groups is 2. The van der Waals surface area contributed by atoms with Gasteiger partial charge in [0.05, 0.1) is 5.39 Å². The number of likely N-dealkylation sites (tertiary alicyclic amines) is 1. The summed E-state index contributed by atoms with van der Waals surface area (Å²) < 4.78 is 23.5. The molecule has 8 nitrogen and oxygen atoms in total. The van der Waals surface area contributed by atoms with Crippen molar-refractivity contribution in [1.82, 2.24) is 10.2 Å². The maximum absolute atomic E-state index is 13.5. The molecule has 0 atom stereocenters. The van der Waals surface area contributed by atoms with E-state index in [1.165, 1.54) is 12.1 Å². The zero-order chi connectivity index (χ0) is 23.4. The van der Waals surface area contributed by atoms with Crippen LogP contribution >= 0.6 is 0 Å². The predicted molar refractivity (Wildman–Crippen MR) is 117 cm³/mol. The van der Waals surface area contributed by atoms with Gasteiger partial charge in [0.25, 0.3) is 5.91 Å². The topological polar surface area (TPSA) is 109 Å². The monoisotopic (exact) mass is 454 g/mol. The lowest BCUT2D eigenvalue weighted by molar-refractivity contribution is 0.0852. The molecule has 1 amide bonds. The summed E-state index contributed by atoms with van der Waals surface area (Å²) in [6.07, 6.45) is 0.139. The summed E-state index contributed by atoms with van der Waals surface area (Å²) in [5, 5.41) is 11.8. The van der Waals surface area contributed by atoms with Crippen LogP contribution in [0, 0.1) is 5.82 Å². The molecular weight excluding hydrogens is 431 g/mol. The molecule has 1 aromatic heterocycles. The van der Waals surface area contributed by atoms with E-state index in [2.05, 4.69) is 15.0 Å². The third-order valence-corrected chi connectivity index (χ3v) is 5.60. The minimum atomic E-state index is -1.31. The maximum atomic E-state index is 13.5. The average molecular weight is 454 g/mol. The van der Waals surface area contributed by atoms with Gasteiger partial charge in [-0.3, -0.25) is 14.5 Å². The molecule has 0 aliphatic carbocycles. The molecule has 0 saturated carbocycles. The number of nitrogens with zero attached hydrogens (tertiary/aromatic N) is 1. The normalized spacial score (nSPS) is 14.8. The summed E-state index contributed by atoms with van der Waals surface area (Å²) in [7, 11) is 0. The van der Waals surface area contributed by atoms with Gasteiger partial charge in [0, 0.05) is 37.8 Å². The lowest BCUT2D eigenvalue weighted by Gasteiger charge is -2.32. The van der Waals surface area contributed by atoms with Crippen LogP contribution in [0.5, 0.6) is 0 Å². The summed E-state index contributed by atoms with van der Waals surface area (Å²) in [5.41, 5.74) is 1.48. The van der Waals surface area contributed by atoms with Crippen LogP contribution in [0.1, 0.15) is 34.5 Å². The summed E-state index contributed by atoms with van der Waals surface area (Å²) in [6, 6.07) is 12.2. The highest BCUT2D eigenvalue weighted by Crippen LogP contribution is 2.17. The van der Waals surface area contributed by atoms with Gasteiger partial charge in [-0.1, -0.05) is 24.3 Å². The van der Waals surface area contributed by atoms with Crippen molar-refractivity contribution in [3.05, 3.63) is 81.5 Å². The zero-order valence-corrected chi connectivity index (χ0v) is 17.8. The van der Waals surface area contributed by atoms with E-state index >= 15 is 0 Å². The molecule has 3 aromatic rings. The second-order valence-corrected chi connectivity index (χ2v) is 8.01. The molecule has 4 rings (SSSR count). The van der Waals surface area contributed by atoms with Gasteiger partial charge in [-0.2, -0.15) is 0 Å². The van der Waals surface area contributed by atoms with E-state index < -0.39 is 23.3 Å². The quantitative estimate of drug-likeness (QED) is 0.549. The number of nitrogens with one attached hydrogen (secondary N) is 1. The van der Waals surface area contributed by atoms with Gasteiger partial charge in [-0.15, -0.1) is 0 Å². The molecule has 1 fully saturated rings. The molecule has 9 heteroatoms. The summed E-state index contributed by atoms with van der Waals surface area (Å²) in [4.78, 5) is 37.6. The van der Waals surface area contributed by atoms with Crippen molar-refractivity contribution < 1.29 is 28.2 Å². The fraction of sp³-hybridized carbons (Fsp3) is 0.292. The second kappa shape index (κ2) is 9.83. The van der Waals surface area contributed by atoms with Crippen LogP contribution in [-0.4, -0.2) is 41.2 Å². The molecule has 2 aromatic carbocycles. The lowest BCUT2D eigenvalue weighted by Crippen LogP contribution is -2.44. The first-order valence-electron chi connectivity index (χ1n) is 10.6. The minimum Gasteiger partial charge on any atom is -0.451 e. The van der Waals surface area contributed by atoms with Crippen LogP contribution in [0.15, 0.2) is 57.7 Å². The molecular formula is C24H23FN2O6. The van der Waals surface area contributed by atoms with Gasteiger partial charge < -0.3 is 19.6 Å². The van der Waals surface area contributed by atoms with Crippen LogP contribution < -0.4 is 10.7 Å². The Morgan fingerprint density at radius 2 is 1.88 bits per heavy atom. The minimum absolute atomic E-state index is 0.00875. The second-order valence-electron chi connectivity index (χ2n) is 8.01. The van der Waals surface area contributed by atoms with Crippen LogP contribution in [0.25, 0.3) is 11.0 Å². The van der Waals surface area contributed by atoms with E-state index in [0.717, 1.165) is 49.2 Å². The van der Waals surface area contributed by atoms with Crippen molar-refractivity contribution in [3.8, 4) is 0 Å². The highest BCUT2D eigenvalue weighted by Gasteiger charge is 2.23. The van der Waals surface area contributed by atoms with Crippen molar-refractivity contribution in [3.63, 3.8) is 0 Å². The molecule has 1 aliphatic rings. The number of hydrogen-bond acceptors (Lipinski definition) is 6. The Hall–Kier alpha value is -3.72. The number of hydrogen-bond donors (Lipinski definition) is 2. The van der Waals surface area contributed by atoms with E-state index in [4.69, 9.17) is 9.52 Å². The van der Waals surface area contributed by atoms with Gasteiger partial charge >= 0.3 is 6.16 Å². The van der Waals surface area contributed by atoms with Crippen LogP contribution in [0.2, 0.25) is 0 Å². The molecule has 1 aliphatic heterocycles. The molecule has 1 saturated heterocycles. The van der Waals surface area contributed by atoms with Gasteiger partial charge in [-0.05, 0) is 36.1 Å². The van der Waals surface area contributed by atoms with Gasteiger partial charge in [0.15, 0.2) is 11.2 Å². The van der Waals surface area contributed by atoms with Gasteiger partial charge in [0.2, 0.25) is 0 Å². The smallest absolute Gasteiger partial charge is 0.451 e. The predicted octanol–water partition coefficient (Wildman–Crippen LogP) is 3.52. The summed E-state index contributed by atoms with van der Waals surface area (Å²) >= 11 is 0. The number of piperidine rings is 1. The number of carbonyl (C=O) groups excluding carboxylic acids is 1. The van der Waals surface area contributed by atoms with Crippen molar-refractivity contribution in [1.29, 1.82) is 0 Å². The summed E-state index contributed by atoms with van der Waals surface area (Å²) in [6.45, 7) is 2.23. The summed E-state index contributed by atoms with van der Waals surface area (Å²) in [5.74, 6) is -1.18. The standard InChI is InChI=1S/C24H23FN2O6/c25-17-4-5-19-20(28)12-22(33-21(19)11-17)23(29)26-18-6-8-27(9-7-18)13-15-2-1-3-16(10-15)14-32-24(30)31/h1-5,10-12,18H,6-9,13-14H2,(H,26,29)(H,30,31). The molecule has 33 heavy (non-hydrogen) atoms. The van der Waals surface area contributed by atoms with Crippen molar-refractivity contribution in [2.45, 2.75) is 32.0 Å². The number of amides is 1. The molecule has 0 unspecified atom stereocenters. The van der Waals surface area contributed by atoms with E-state index in [1.54, 1.807) is 0 Å². The molecule has 0 spiro atoms. The Kier molecular flexibility index (Phi) is 6.69. The number of halogens is 1. The highest BCUT2D eigenvalue weighted by atomic mass is 19.1. The largest absolute Gasteiger partial charge is 0.506 e. The molecule has 0 bridgehead atoms. The van der Waals surface area contributed by atoms with E-state index in [1.807, 2.05) is 24.3 Å². The first-order valence-corrected chi connectivity index (χ1v) is 10.6. The van der Waals surface area contributed by atoms with E-state index in [9.17, 15) is 18.8 Å². The Bertz CT molecular complexity index is 1230. The number of fused-ring (bicyclic) bond motifs is 1. The first-order chi connectivity index (χ1) is 15.9. The van der Waals surface area contributed by atoms with Crippen molar-refractivity contribution in [2.75, 3.05) is 13.1 Å².